The molecule has 3 heteroatoms. The Hall–Kier alpha value is -1.38. The third kappa shape index (κ3) is 2.23. The average Bonchev–Trinajstić information content (AvgIpc) is 2.30. The molecule has 0 aliphatic carbocycles. The van der Waals surface area contributed by atoms with E-state index in [-0.39, 0.29) is 5.78 Å². The van der Waals surface area contributed by atoms with E-state index in [1.165, 1.54) is 12.8 Å². The molecule has 1 saturated heterocycles. The summed E-state index contributed by atoms with van der Waals surface area (Å²) in [7, 11) is 0. The second-order valence-electron chi connectivity index (χ2n) is 4.60. The minimum absolute atomic E-state index is 0.0988. The molecule has 86 valence electrons. The van der Waals surface area contributed by atoms with Crippen LogP contribution in [0.5, 0.6) is 0 Å². The highest BCUT2D eigenvalue weighted by Gasteiger charge is 2.20. The number of piperidine rings is 1. The summed E-state index contributed by atoms with van der Waals surface area (Å²) in [5.74, 6) is 1.75. The number of nitrogens with zero attached hydrogens (tertiary/aromatic N) is 2. The van der Waals surface area contributed by atoms with Gasteiger partial charge in [-0.3, -0.25) is 4.79 Å². The number of carbonyl (C=O) groups is 1. The van der Waals surface area contributed by atoms with Crippen molar-refractivity contribution in [2.24, 2.45) is 5.92 Å². The predicted molar refractivity (Wildman–Crippen MR) is 64.9 cm³/mol. The maximum Gasteiger partial charge on any atom is 0.163 e. The van der Waals surface area contributed by atoms with Crippen LogP contribution < -0.4 is 4.90 Å². The normalized spacial score (nSPS) is 17.5. The maximum absolute atomic E-state index is 11.5. The summed E-state index contributed by atoms with van der Waals surface area (Å²) in [6.45, 7) is 5.91. The lowest BCUT2D eigenvalue weighted by Crippen LogP contribution is -2.34. The lowest BCUT2D eigenvalue weighted by atomic mass is 9.99. The minimum Gasteiger partial charge on any atom is -0.356 e. The average molecular weight is 218 g/mol. The molecule has 1 aliphatic heterocycles. The fourth-order valence-corrected chi connectivity index (χ4v) is 2.14. The largest absolute Gasteiger partial charge is 0.356 e. The highest BCUT2D eigenvalue weighted by atomic mass is 16.1. The monoisotopic (exact) mass is 218 g/mol. The molecule has 1 fully saturated rings. The van der Waals surface area contributed by atoms with Gasteiger partial charge in [-0.15, -0.1) is 0 Å². The zero-order valence-corrected chi connectivity index (χ0v) is 9.94. The topological polar surface area (TPSA) is 33.2 Å². The highest BCUT2D eigenvalue weighted by Crippen LogP contribution is 2.24. The fourth-order valence-electron chi connectivity index (χ4n) is 2.14. The Balaban J connectivity index is 2.23. The van der Waals surface area contributed by atoms with Gasteiger partial charge in [0.25, 0.3) is 0 Å². The Bertz CT molecular complexity index is 381. The summed E-state index contributed by atoms with van der Waals surface area (Å²) in [6.07, 6.45) is 4.14. The summed E-state index contributed by atoms with van der Waals surface area (Å²) in [5, 5.41) is 0. The van der Waals surface area contributed by atoms with Crippen LogP contribution in [0.15, 0.2) is 18.3 Å². The summed E-state index contributed by atoms with van der Waals surface area (Å²) in [4.78, 5) is 18.1. The fraction of sp³-hybridized carbons (Fsp3) is 0.538. The number of hydrogen-bond donors (Lipinski definition) is 0. The van der Waals surface area contributed by atoms with Gasteiger partial charge in [0.1, 0.15) is 5.82 Å². The number of rotatable bonds is 2. The molecule has 0 amide bonds. The zero-order valence-electron chi connectivity index (χ0n) is 9.94. The molecule has 0 saturated carbocycles. The van der Waals surface area contributed by atoms with E-state index >= 15 is 0 Å². The third-order valence-corrected chi connectivity index (χ3v) is 3.25. The number of aromatic nitrogens is 1. The molecule has 0 unspecified atom stereocenters. The summed E-state index contributed by atoms with van der Waals surface area (Å²) in [6, 6.07) is 3.69. The number of anilines is 1. The highest BCUT2D eigenvalue weighted by molar-refractivity contribution is 5.98. The van der Waals surface area contributed by atoms with Crippen molar-refractivity contribution in [3.63, 3.8) is 0 Å². The van der Waals surface area contributed by atoms with Crippen molar-refractivity contribution in [3.05, 3.63) is 23.9 Å². The molecule has 0 N–H and O–H groups in total. The van der Waals surface area contributed by atoms with Crippen molar-refractivity contribution < 1.29 is 4.79 Å². The van der Waals surface area contributed by atoms with Gasteiger partial charge >= 0.3 is 0 Å². The van der Waals surface area contributed by atoms with Gasteiger partial charge in [-0.1, -0.05) is 6.92 Å². The van der Waals surface area contributed by atoms with E-state index in [9.17, 15) is 4.79 Å². The van der Waals surface area contributed by atoms with Crippen LogP contribution in [-0.4, -0.2) is 23.9 Å². The lowest BCUT2D eigenvalue weighted by Gasteiger charge is -2.32. The molecule has 2 heterocycles. The first-order valence-corrected chi connectivity index (χ1v) is 5.89. The van der Waals surface area contributed by atoms with E-state index in [0.717, 1.165) is 30.4 Å². The van der Waals surface area contributed by atoms with Crippen molar-refractivity contribution >= 4 is 11.6 Å². The minimum atomic E-state index is 0.0988. The third-order valence-electron chi connectivity index (χ3n) is 3.25. The molecule has 1 aliphatic rings. The van der Waals surface area contributed by atoms with E-state index in [1.54, 1.807) is 13.1 Å². The molecule has 3 nitrogen and oxygen atoms in total. The molecule has 1 aromatic heterocycles. The zero-order chi connectivity index (χ0) is 11.5. The van der Waals surface area contributed by atoms with E-state index in [4.69, 9.17) is 0 Å². The second-order valence-corrected chi connectivity index (χ2v) is 4.60. The van der Waals surface area contributed by atoms with Crippen molar-refractivity contribution in [2.45, 2.75) is 26.7 Å². The van der Waals surface area contributed by atoms with Gasteiger partial charge in [-0.25, -0.2) is 4.98 Å². The Morgan fingerprint density at radius 3 is 2.75 bits per heavy atom. The Kier molecular flexibility index (Phi) is 3.22. The van der Waals surface area contributed by atoms with Crippen LogP contribution in [0, 0.1) is 5.92 Å². The predicted octanol–water partition coefficient (Wildman–Crippen LogP) is 2.52. The van der Waals surface area contributed by atoms with Gasteiger partial charge in [-0.2, -0.15) is 0 Å². The molecule has 16 heavy (non-hydrogen) atoms. The number of Topliss-reactive ketones (excluding diaryl/α,β-unsaturated/α-hetero) is 1. The summed E-state index contributed by atoms with van der Waals surface area (Å²) in [5.41, 5.74) is 0.747. The summed E-state index contributed by atoms with van der Waals surface area (Å²) < 4.78 is 0. The van der Waals surface area contributed by atoms with Gasteiger partial charge in [0, 0.05) is 19.3 Å². The van der Waals surface area contributed by atoms with Crippen LogP contribution in [0.2, 0.25) is 0 Å². The molecule has 0 spiro atoms. The van der Waals surface area contributed by atoms with Crippen molar-refractivity contribution in [2.75, 3.05) is 18.0 Å². The maximum atomic E-state index is 11.5. The Morgan fingerprint density at radius 1 is 1.44 bits per heavy atom. The van der Waals surface area contributed by atoms with Crippen LogP contribution in [-0.2, 0) is 0 Å². The first-order valence-electron chi connectivity index (χ1n) is 5.89. The van der Waals surface area contributed by atoms with Gasteiger partial charge in [-0.05, 0) is 37.8 Å². The molecule has 0 atom stereocenters. The standard InChI is InChI=1S/C13H18N2O/c1-10-5-8-15(9-6-10)13-12(11(2)16)4-3-7-14-13/h3-4,7,10H,5-6,8-9H2,1-2H3. The SMILES string of the molecule is CC(=O)c1cccnc1N1CCC(C)CC1. The van der Waals surface area contributed by atoms with E-state index in [0.29, 0.717) is 0 Å². The molecule has 1 aromatic rings. The quantitative estimate of drug-likeness (QED) is 0.715. The lowest BCUT2D eigenvalue weighted by molar-refractivity contribution is 0.101. The van der Waals surface area contributed by atoms with Crippen LogP contribution in [0.1, 0.15) is 37.0 Å². The van der Waals surface area contributed by atoms with Crippen molar-refractivity contribution in [1.82, 2.24) is 4.98 Å². The number of hydrogen-bond acceptors (Lipinski definition) is 3. The molecule has 0 radical (unpaired) electrons. The van der Waals surface area contributed by atoms with E-state index in [1.807, 2.05) is 12.1 Å². The number of pyridine rings is 1. The van der Waals surface area contributed by atoms with Gasteiger partial charge in [0.05, 0.1) is 5.56 Å². The number of ketones is 1. The van der Waals surface area contributed by atoms with Crippen molar-refractivity contribution in [3.8, 4) is 0 Å². The summed E-state index contributed by atoms with van der Waals surface area (Å²) >= 11 is 0. The van der Waals surface area contributed by atoms with Gasteiger partial charge < -0.3 is 4.90 Å². The van der Waals surface area contributed by atoms with Gasteiger partial charge in [0.2, 0.25) is 0 Å². The van der Waals surface area contributed by atoms with E-state index < -0.39 is 0 Å². The first kappa shape index (κ1) is 11.1. The smallest absolute Gasteiger partial charge is 0.163 e. The van der Waals surface area contributed by atoms with Gasteiger partial charge in [0.15, 0.2) is 5.78 Å². The van der Waals surface area contributed by atoms with Crippen LogP contribution in [0.3, 0.4) is 0 Å². The Labute approximate surface area is 96.5 Å². The van der Waals surface area contributed by atoms with Crippen LogP contribution in [0.4, 0.5) is 5.82 Å². The molecule has 2 rings (SSSR count). The molecule has 0 bridgehead atoms. The first-order chi connectivity index (χ1) is 7.68. The number of carbonyl (C=O) groups excluding carboxylic acids is 1. The molecular weight excluding hydrogens is 200 g/mol. The van der Waals surface area contributed by atoms with Crippen LogP contribution in [0.25, 0.3) is 0 Å². The van der Waals surface area contributed by atoms with E-state index in [2.05, 4.69) is 16.8 Å². The molecular formula is C13H18N2O. The van der Waals surface area contributed by atoms with Crippen LogP contribution >= 0.6 is 0 Å². The van der Waals surface area contributed by atoms with Crippen molar-refractivity contribution in [1.29, 1.82) is 0 Å². The second kappa shape index (κ2) is 4.64. The molecule has 0 aromatic carbocycles. The Morgan fingerprint density at radius 2 is 2.12 bits per heavy atom.